The Balaban J connectivity index is 1.49. The molecule has 0 aliphatic carbocycles. The number of pyridine rings is 1. The van der Waals surface area contributed by atoms with Gasteiger partial charge < -0.3 is 9.80 Å². The molecular formula is C23H25N7S. The molecule has 31 heavy (non-hydrogen) atoms. The molecule has 1 aliphatic rings. The second-order valence-electron chi connectivity index (χ2n) is 8.53. The summed E-state index contributed by atoms with van der Waals surface area (Å²) in [5.41, 5.74) is 3.98. The van der Waals surface area contributed by atoms with Gasteiger partial charge in [0.2, 0.25) is 0 Å². The number of aryl methyl sites for hydroxylation is 1. The lowest BCUT2D eigenvalue weighted by atomic mass is 9.98. The number of rotatable bonds is 3. The van der Waals surface area contributed by atoms with Crippen molar-refractivity contribution in [2.75, 3.05) is 25.5 Å². The van der Waals surface area contributed by atoms with Gasteiger partial charge in [0.25, 0.3) is 0 Å². The highest BCUT2D eigenvalue weighted by Gasteiger charge is 2.27. The normalized spacial score (nSPS) is 19.7. The lowest BCUT2D eigenvalue weighted by molar-refractivity contribution is 0.181. The van der Waals surface area contributed by atoms with E-state index in [-0.39, 0.29) is 0 Å². The van der Waals surface area contributed by atoms with Crippen LogP contribution in [0.5, 0.6) is 0 Å². The number of fused-ring (bicyclic) bond motifs is 2. The lowest BCUT2D eigenvalue weighted by Crippen LogP contribution is -2.46. The van der Waals surface area contributed by atoms with Crippen molar-refractivity contribution >= 4 is 37.6 Å². The minimum atomic E-state index is 0.505. The third kappa shape index (κ3) is 3.54. The Morgan fingerprint density at radius 3 is 2.87 bits per heavy atom. The van der Waals surface area contributed by atoms with Gasteiger partial charge in [0.1, 0.15) is 17.1 Å². The molecule has 7 nitrogen and oxygen atoms in total. The van der Waals surface area contributed by atoms with Crippen LogP contribution in [0.25, 0.3) is 32.4 Å². The Bertz CT molecular complexity index is 1310. The molecule has 2 atom stereocenters. The molecule has 0 radical (unpaired) electrons. The summed E-state index contributed by atoms with van der Waals surface area (Å²) < 4.78 is 2.85. The monoisotopic (exact) mass is 431 g/mol. The standard InChI is InChI=1S/C23H25N7S/c1-14-7-18(5-6-28(14)2)30(4)23-26-20-12-25-19(10-21(20)31-23)15-8-16(11-24)22-17(9-15)13-29(3)27-22/h8-10,12-14,18H,5-7H2,1-4H3. The van der Waals surface area contributed by atoms with Gasteiger partial charge in [-0.3, -0.25) is 9.67 Å². The molecule has 0 saturated carbocycles. The SMILES string of the molecule is CC1CC(N(C)c2nc3cnc(-c4cc(C#N)c5nn(C)cc5c4)cc3s2)CCN1C. The highest BCUT2D eigenvalue weighted by atomic mass is 32.1. The second-order valence-corrected chi connectivity index (χ2v) is 9.54. The van der Waals surface area contributed by atoms with E-state index in [0.717, 1.165) is 56.9 Å². The highest BCUT2D eigenvalue weighted by Crippen LogP contribution is 2.34. The predicted molar refractivity (Wildman–Crippen MR) is 125 cm³/mol. The third-order valence-electron chi connectivity index (χ3n) is 6.43. The molecule has 2 unspecified atom stereocenters. The Morgan fingerprint density at radius 2 is 2.10 bits per heavy atom. The second kappa shape index (κ2) is 7.59. The fourth-order valence-corrected chi connectivity index (χ4v) is 5.40. The Morgan fingerprint density at radius 1 is 1.26 bits per heavy atom. The maximum atomic E-state index is 9.58. The average molecular weight is 432 g/mol. The van der Waals surface area contributed by atoms with Crippen molar-refractivity contribution < 1.29 is 0 Å². The van der Waals surface area contributed by atoms with E-state index >= 15 is 0 Å². The minimum Gasteiger partial charge on any atom is -0.348 e. The van der Waals surface area contributed by atoms with Crippen LogP contribution >= 0.6 is 11.3 Å². The van der Waals surface area contributed by atoms with Crippen molar-refractivity contribution in [3.05, 3.63) is 36.2 Å². The summed E-state index contributed by atoms with van der Waals surface area (Å²) in [6.45, 7) is 3.41. The Kier molecular flexibility index (Phi) is 4.88. The van der Waals surface area contributed by atoms with Crippen LogP contribution in [0.15, 0.2) is 30.6 Å². The molecule has 8 heteroatoms. The number of nitriles is 1. The Hall–Kier alpha value is -3.02. The maximum Gasteiger partial charge on any atom is 0.186 e. The zero-order valence-electron chi connectivity index (χ0n) is 18.2. The molecule has 3 aromatic heterocycles. The zero-order chi connectivity index (χ0) is 21.7. The number of hydrogen-bond donors (Lipinski definition) is 0. The topological polar surface area (TPSA) is 73.9 Å². The van der Waals surface area contributed by atoms with Gasteiger partial charge in [0.05, 0.1) is 22.2 Å². The molecule has 0 amide bonds. The third-order valence-corrected chi connectivity index (χ3v) is 7.54. The zero-order valence-corrected chi connectivity index (χ0v) is 19.0. The molecule has 0 N–H and O–H groups in total. The number of benzene rings is 1. The first-order valence-electron chi connectivity index (χ1n) is 10.5. The molecule has 4 aromatic rings. The molecule has 0 spiro atoms. The van der Waals surface area contributed by atoms with Crippen molar-refractivity contribution in [1.82, 2.24) is 24.6 Å². The molecule has 1 aliphatic heterocycles. The quantitative estimate of drug-likeness (QED) is 0.487. The number of piperidine rings is 1. The van der Waals surface area contributed by atoms with Crippen molar-refractivity contribution in [1.29, 1.82) is 5.26 Å². The van der Waals surface area contributed by atoms with Crippen molar-refractivity contribution in [2.45, 2.75) is 31.8 Å². The number of thiazole rings is 1. The number of hydrogen-bond acceptors (Lipinski definition) is 7. The maximum absolute atomic E-state index is 9.58. The van der Waals surface area contributed by atoms with Crippen LogP contribution in [-0.4, -0.2) is 57.4 Å². The van der Waals surface area contributed by atoms with Crippen LogP contribution in [-0.2, 0) is 7.05 Å². The summed E-state index contributed by atoms with van der Waals surface area (Å²) in [5, 5.41) is 16.0. The fourth-order valence-electron chi connectivity index (χ4n) is 4.39. The number of aromatic nitrogens is 4. The van der Waals surface area contributed by atoms with E-state index < -0.39 is 0 Å². The molecule has 5 rings (SSSR count). The molecule has 158 valence electrons. The first-order valence-corrected chi connectivity index (χ1v) is 11.3. The molecule has 1 aromatic carbocycles. The van der Waals surface area contributed by atoms with Crippen molar-refractivity contribution in [3.63, 3.8) is 0 Å². The summed E-state index contributed by atoms with van der Waals surface area (Å²) in [6, 6.07) is 9.36. The van der Waals surface area contributed by atoms with Gasteiger partial charge in [-0.05, 0) is 45.0 Å². The van der Waals surface area contributed by atoms with Gasteiger partial charge in [0, 0.05) is 49.9 Å². The summed E-state index contributed by atoms with van der Waals surface area (Å²) in [4.78, 5) is 14.3. The van der Waals surface area contributed by atoms with Gasteiger partial charge in [0.15, 0.2) is 5.13 Å². The van der Waals surface area contributed by atoms with E-state index in [4.69, 9.17) is 4.98 Å². The smallest absolute Gasteiger partial charge is 0.186 e. The van der Waals surface area contributed by atoms with Gasteiger partial charge in [-0.1, -0.05) is 11.3 Å². The summed E-state index contributed by atoms with van der Waals surface area (Å²) >= 11 is 1.71. The summed E-state index contributed by atoms with van der Waals surface area (Å²) in [7, 11) is 6.22. The number of anilines is 1. The fraction of sp³-hybridized carbons (Fsp3) is 0.391. The highest BCUT2D eigenvalue weighted by molar-refractivity contribution is 7.22. The van der Waals surface area contributed by atoms with Crippen LogP contribution in [0.1, 0.15) is 25.3 Å². The van der Waals surface area contributed by atoms with E-state index in [1.807, 2.05) is 31.6 Å². The van der Waals surface area contributed by atoms with E-state index in [1.54, 1.807) is 16.0 Å². The van der Waals surface area contributed by atoms with Crippen LogP contribution < -0.4 is 4.90 Å². The molecule has 1 saturated heterocycles. The molecule has 4 heterocycles. The van der Waals surface area contributed by atoms with E-state index in [9.17, 15) is 5.26 Å². The van der Waals surface area contributed by atoms with Crippen molar-refractivity contribution in [3.8, 4) is 17.3 Å². The first kappa shape index (κ1) is 19.9. The van der Waals surface area contributed by atoms with Crippen LogP contribution in [0, 0.1) is 11.3 Å². The van der Waals surface area contributed by atoms with Gasteiger partial charge in [-0.2, -0.15) is 10.4 Å². The molecule has 1 fully saturated rings. The van der Waals surface area contributed by atoms with E-state index in [2.05, 4.69) is 53.0 Å². The average Bonchev–Trinajstić information content (AvgIpc) is 3.36. The molecule has 0 bridgehead atoms. The summed E-state index contributed by atoms with van der Waals surface area (Å²) in [6.07, 6.45) is 6.07. The van der Waals surface area contributed by atoms with Gasteiger partial charge in [-0.25, -0.2) is 4.98 Å². The number of likely N-dealkylation sites (tertiary alicyclic amines) is 1. The number of nitrogens with zero attached hydrogens (tertiary/aromatic N) is 7. The van der Waals surface area contributed by atoms with Crippen LogP contribution in [0.4, 0.5) is 5.13 Å². The first-order chi connectivity index (χ1) is 14.9. The van der Waals surface area contributed by atoms with E-state index in [1.165, 1.54) is 0 Å². The molecular weight excluding hydrogens is 406 g/mol. The predicted octanol–water partition coefficient (Wildman–Crippen LogP) is 4.04. The minimum absolute atomic E-state index is 0.505. The lowest BCUT2D eigenvalue weighted by Gasteiger charge is -2.39. The largest absolute Gasteiger partial charge is 0.348 e. The van der Waals surface area contributed by atoms with E-state index in [0.29, 0.717) is 17.6 Å². The summed E-state index contributed by atoms with van der Waals surface area (Å²) in [5.74, 6) is 0. The van der Waals surface area contributed by atoms with Gasteiger partial charge >= 0.3 is 0 Å². The van der Waals surface area contributed by atoms with Crippen molar-refractivity contribution in [2.24, 2.45) is 7.05 Å². The van der Waals surface area contributed by atoms with Crippen LogP contribution in [0.2, 0.25) is 0 Å². The Labute approximate surface area is 185 Å². The van der Waals surface area contributed by atoms with Gasteiger partial charge in [-0.15, -0.1) is 0 Å². The van der Waals surface area contributed by atoms with Crippen LogP contribution in [0.3, 0.4) is 0 Å².